The molecule has 0 unspecified atom stereocenters. The fourth-order valence-corrected chi connectivity index (χ4v) is 4.03. The minimum absolute atomic E-state index is 0.0281. The molecule has 2 aromatic carbocycles. The van der Waals surface area contributed by atoms with Crippen molar-refractivity contribution in [1.29, 1.82) is 0 Å². The van der Waals surface area contributed by atoms with Gasteiger partial charge in [-0.2, -0.15) is 0 Å². The van der Waals surface area contributed by atoms with Crippen LogP contribution >= 0.6 is 11.6 Å². The average Bonchev–Trinajstić information content (AvgIpc) is 2.61. The SMILES string of the molecule is Cc1cccc(CS(=O)(=O)c2ncc(Cl)c(C(=O)Nc3cccc(C)c3)n2)c1. The molecule has 0 bridgehead atoms. The Balaban J connectivity index is 1.89. The molecule has 3 aromatic rings. The van der Waals surface area contributed by atoms with Crippen molar-refractivity contribution in [3.05, 3.63) is 82.1 Å². The number of hydrogen-bond acceptors (Lipinski definition) is 5. The largest absolute Gasteiger partial charge is 0.321 e. The lowest BCUT2D eigenvalue weighted by Gasteiger charge is -2.09. The van der Waals surface area contributed by atoms with Crippen LogP contribution in [0.25, 0.3) is 0 Å². The van der Waals surface area contributed by atoms with E-state index < -0.39 is 20.9 Å². The van der Waals surface area contributed by atoms with Crippen LogP contribution in [0.4, 0.5) is 5.69 Å². The second-order valence-electron chi connectivity index (χ2n) is 6.42. The van der Waals surface area contributed by atoms with Crippen molar-refractivity contribution < 1.29 is 13.2 Å². The highest BCUT2D eigenvalue weighted by Gasteiger charge is 2.23. The second-order valence-corrected chi connectivity index (χ2v) is 8.71. The maximum atomic E-state index is 12.7. The molecule has 0 atom stereocenters. The van der Waals surface area contributed by atoms with Gasteiger partial charge < -0.3 is 5.32 Å². The van der Waals surface area contributed by atoms with Gasteiger partial charge in [0.05, 0.1) is 17.0 Å². The molecule has 1 heterocycles. The van der Waals surface area contributed by atoms with Crippen molar-refractivity contribution in [1.82, 2.24) is 9.97 Å². The van der Waals surface area contributed by atoms with Crippen LogP contribution < -0.4 is 5.32 Å². The molecule has 0 saturated carbocycles. The number of amides is 1. The zero-order valence-corrected chi connectivity index (χ0v) is 16.9. The number of benzene rings is 2. The topological polar surface area (TPSA) is 89.0 Å². The molecule has 1 N–H and O–H groups in total. The monoisotopic (exact) mass is 415 g/mol. The van der Waals surface area contributed by atoms with E-state index in [2.05, 4.69) is 15.3 Å². The first-order valence-corrected chi connectivity index (χ1v) is 10.5. The Morgan fingerprint density at radius 1 is 1.07 bits per heavy atom. The number of rotatable bonds is 5. The van der Waals surface area contributed by atoms with Gasteiger partial charge in [-0.15, -0.1) is 0 Å². The number of aryl methyl sites for hydroxylation is 2. The van der Waals surface area contributed by atoms with Crippen molar-refractivity contribution in [2.75, 3.05) is 5.32 Å². The summed E-state index contributed by atoms with van der Waals surface area (Å²) in [6, 6.07) is 14.3. The van der Waals surface area contributed by atoms with E-state index in [0.717, 1.165) is 17.3 Å². The van der Waals surface area contributed by atoms with Gasteiger partial charge in [-0.3, -0.25) is 4.79 Å². The fourth-order valence-electron chi connectivity index (χ4n) is 2.66. The molecule has 144 valence electrons. The van der Waals surface area contributed by atoms with Crippen molar-refractivity contribution in [3.8, 4) is 0 Å². The van der Waals surface area contributed by atoms with Gasteiger partial charge in [0, 0.05) is 5.69 Å². The first-order chi connectivity index (χ1) is 13.2. The number of carbonyl (C=O) groups excluding carboxylic acids is 1. The Kier molecular flexibility index (Phi) is 5.76. The van der Waals surface area contributed by atoms with Gasteiger partial charge in [-0.25, -0.2) is 18.4 Å². The molecule has 28 heavy (non-hydrogen) atoms. The van der Waals surface area contributed by atoms with Gasteiger partial charge in [0.2, 0.25) is 15.0 Å². The van der Waals surface area contributed by atoms with Crippen LogP contribution in [0.15, 0.2) is 59.9 Å². The van der Waals surface area contributed by atoms with Crippen LogP contribution in [0.3, 0.4) is 0 Å². The third-order valence-electron chi connectivity index (χ3n) is 3.93. The molecule has 0 aliphatic rings. The Morgan fingerprint density at radius 2 is 1.75 bits per heavy atom. The maximum absolute atomic E-state index is 12.7. The standard InChI is InChI=1S/C20H18ClN3O3S/c1-13-5-3-7-15(9-13)12-28(26,27)20-22-11-17(21)18(24-20)19(25)23-16-8-4-6-14(2)10-16/h3-11H,12H2,1-2H3,(H,23,25). The summed E-state index contributed by atoms with van der Waals surface area (Å²) in [7, 11) is -3.84. The normalized spacial score (nSPS) is 11.2. The Morgan fingerprint density at radius 3 is 2.43 bits per heavy atom. The van der Waals surface area contributed by atoms with E-state index in [4.69, 9.17) is 11.6 Å². The summed E-state index contributed by atoms with van der Waals surface area (Å²) in [5.41, 5.74) is 2.89. The van der Waals surface area contributed by atoms with Crippen molar-refractivity contribution >= 4 is 33.0 Å². The molecule has 0 aliphatic carbocycles. The maximum Gasteiger partial charge on any atom is 0.275 e. The van der Waals surface area contributed by atoms with Gasteiger partial charge in [0.15, 0.2) is 5.69 Å². The average molecular weight is 416 g/mol. The van der Waals surface area contributed by atoms with Gasteiger partial charge in [0.1, 0.15) is 0 Å². The summed E-state index contributed by atoms with van der Waals surface area (Å²) in [4.78, 5) is 20.3. The molecule has 0 saturated heterocycles. The van der Waals surface area contributed by atoms with E-state index in [1.807, 2.05) is 26.0 Å². The summed E-state index contributed by atoms with van der Waals surface area (Å²) >= 11 is 6.04. The molecule has 8 heteroatoms. The molecule has 3 rings (SSSR count). The predicted octanol–water partition coefficient (Wildman–Crippen LogP) is 3.97. The van der Waals surface area contributed by atoms with Gasteiger partial charge >= 0.3 is 0 Å². The van der Waals surface area contributed by atoms with Crippen LogP contribution in [0, 0.1) is 13.8 Å². The third-order valence-corrected chi connectivity index (χ3v) is 5.67. The molecule has 0 spiro atoms. The lowest BCUT2D eigenvalue weighted by molar-refractivity contribution is 0.102. The summed E-state index contributed by atoms with van der Waals surface area (Å²) in [6.45, 7) is 3.77. The molecule has 6 nitrogen and oxygen atoms in total. The minimum atomic E-state index is -3.84. The highest BCUT2D eigenvalue weighted by atomic mass is 35.5. The van der Waals surface area contributed by atoms with Crippen molar-refractivity contribution in [3.63, 3.8) is 0 Å². The van der Waals surface area contributed by atoms with Crippen LogP contribution in [0.5, 0.6) is 0 Å². The number of aromatic nitrogens is 2. The smallest absolute Gasteiger partial charge is 0.275 e. The summed E-state index contributed by atoms with van der Waals surface area (Å²) in [6.07, 6.45) is 1.13. The zero-order valence-electron chi connectivity index (χ0n) is 15.3. The number of anilines is 1. The summed E-state index contributed by atoms with van der Waals surface area (Å²) in [5.74, 6) is -0.875. The highest BCUT2D eigenvalue weighted by Crippen LogP contribution is 2.20. The number of halogens is 1. The quantitative estimate of drug-likeness (QED) is 0.637. The number of sulfone groups is 1. The van der Waals surface area contributed by atoms with Gasteiger partial charge in [-0.05, 0) is 37.1 Å². The van der Waals surface area contributed by atoms with E-state index in [0.29, 0.717) is 11.3 Å². The number of hydrogen-bond donors (Lipinski definition) is 1. The number of nitrogens with zero attached hydrogens (tertiary/aromatic N) is 2. The van der Waals surface area contributed by atoms with Gasteiger partial charge in [0.25, 0.3) is 5.91 Å². The van der Waals surface area contributed by atoms with E-state index in [9.17, 15) is 13.2 Å². The zero-order chi connectivity index (χ0) is 20.3. The molecule has 1 amide bonds. The first kappa shape index (κ1) is 20.0. The van der Waals surface area contributed by atoms with Crippen molar-refractivity contribution in [2.45, 2.75) is 24.8 Å². The van der Waals surface area contributed by atoms with Crippen LogP contribution in [0.2, 0.25) is 5.02 Å². The molecule has 1 aromatic heterocycles. The molecule has 0 aliphatic heterocycles. The highest BCUT2D eigenvalue weighted by molar-refractivity contribution is 7.90. The molecular formula is C20H18ClN3O3S. The number of nitrogens with one attached hydrogen (secondary N) is 1. The first-order valence-electron chi connectivity index (χ1n) is 8.43. The molecular weight excluding hydrogens is 398 g/mol. The Bertz CT molecular complexity index is 1150. The Labute approximate surface area is 168 Å². The summed E-state index contributed by atoms with van der Waals surface area (Å²) in [5, 5.41) is 2.20. The third kappa shape index (κ3) is 4.74. The molecule has 0 radical (unpaired) electrons. The number of carbonyl (C=O) groups is 1. The second kappa shape index (κ2) is 8.08. The van der Waals surface area contributed by atoms with Crippen LogP contribution in [-0.4, -0.2) is 24.3 Å². The van der Waals surface area contributed by atoms with E-state index in [1.54, 1.807) is 36.4 Å². The van der Waals surface area contributed by atoms with E-state index >= 15 is 0 Å². The van der Waals surface area contributed by atoms with E-state index in [-0.39, 0.29) is 16.5 Å². The van der Waals surface area contributed by atoms with Crippen LogP contribution in [0.1, 0.15) is 27.2 Å². The minimum Gasteiger partial charge on any atom is -0.321 e. The van der Waals surface area contributed by atoms with Gasteiger partial charge in [-0.1, -0.05) is 53.6 Å². The molecule has 0 fully saturated rings. The predicted molar refractivity (Wildman–Crippen MR) is 108 cm³/mol. The lowest BCUT2D eigenvalue weighted by atomic mass is 10.2. The van der Waals surface area contributed by atoms with E-state index in [1.165, 1.54) is 0 Å². The fraction of sp³-hybridized carbons (Fsp3) is 0.150. The lowest BCUT2D eigenvalue weighted by Crippen LogP contribution is -2.18. The Hall–Kier alpha value is -2.77. The van der Waals surface area contributed by atoms with Crippen molar-refractivity contribution in [2.24, 2.45) is 0 Å². The summed E-state index contributed by atoms with van der Waals surface area (Å²) < 4.78 is 25.4. The van der Waals surface area contributed by atoms with Crippen LogP contribution in [-0.2, 0) is 15.6 Å².